The molecule has 9 heteroatoms. The molecule has 2 heterocycles. The number of imide groups is 1. The minimum absolute atomic E-state index is 0.0858. The second-order valence-electron chi connectivity index (χ2n) is 6.64. The topological polar surface area (TPSA) is 97.0 Å². The van der Waals surface area contributed by atoms with Crippen molar-refractivity contribution < 1.29 is 23.9 Å². The summed E-state index contributed by atoms with van der Waals surface area (Å²) in [6, 6.07) is 2.54. The van der Waals surface area contributed by atoms with Crippen molar-refractivity contribution in [1.29, 1.82) is 0 Å². The molecule has 27 heavy (non-hydrogen) atoms. The molecule has 0 unspecified atom stereocenters. The van der Waals surface area contributed by atoms with Gasteiger partial charge in [-0.15, -0.1) is 0 Å². The Morgan fingerprint density at radius 3 is 2.48 bits per heavy atom. The van der Waals surface area contributed by atoms with E-state index in [1.807, 2.05) is 13.8 Å². The van der Waals surface area contributed by atoms with Crippen molar-refractivity contribution in [2.75, 3.05) is 18.7 Å². The smallest absolute Gasteiger partial charge is 0.325 e. The molecule has 0 saturated carbocycles. The molecule has 0 atom stereocenters. The normalized spacial score (nSPS) is 17.2. The zero-order valence-electron chi connectivity index (χ0n) is 15.3. The Bertz CT molecular complexity index is 777. The quantitative estimate of drug-likeness (QED) is 0.692. The van der Waals surface area contributed by atoms with Gasteiger partial charge in [0.2, 0.25) is 12.7 Å². The molecule has 146 valence electrons. The number of fused-ring (bicyclic) bond motifs is 1. The molecule has 3 rings (SSSR count). The predicted molar refractivity (Wildman–Crippen MR) is 99.0 cm³/mol. The van der Waals surface area contributed by atoms with Crippen LogP contribution in [0, 0.1) is 0 Å². The number of hydrogen-bond acceptors (Lipinski definition) is 5. The number of amides is 4. The number of halogens is 1. The number of ether oxygens (including phenoxy) is 2. The average molecular weight is 396 g/mol. The van der Waals surface area contributed by atoms with E-state index >= 15 is 0 Å². The van der Waals surface area contributed by atoms with Gasteiger partial charge in [-0.3, -0.25) is 14.5 Å². The lowest BCUT2D eigenvalue weighted by Gasteiger charge is -2.25. The zero-order valence-corrected chi connectivity index (χ0v) is 16.0. The summed E-state index contributed by atoms with van der Waals surface area (Å²) in [5.74, 6) is 0.0804. The van der Waals surface area contributed by atoms with Gasteiger partial charge in [-0.25, -0.2) is 4.79 Å². The van der Waals surface area contributed by atoms with Crippen LogP contribution in [-0.2, 0) is 9.59 Å². The highest BCUT2D eigenvalue weighted by Gasteiger charge is 2.50. The maximum atomic E-state index is 12.8. The van der Waals surface area contributed by atoms with Crippen LogP contribution in [0.15, 0.2) is 12.1 Å². The van der Waals surface area contributed by atoms with E-state index in [-0.39, 0.29) is 24.3 Å². The number of anilines is 1. The number of hydrogen-bond donors (Lipinski definition) is 2. The summed E-state index contributed by atoms with van der Waals surface area (Å²) in [6.07, 6.45) is 2.58. The second-order valence-corrected chi connectivity index (χ2v) is 7.04. The van der Waals surface area contributed by atoms with Crippen molar-refractivity contribution in [3.05, 3.63) is 17.2 Å². The summed E-state index contributed by atoms with van der Waals surface area (Å²) >= 11 is 6.14. The molecular weight excluding hydrogens is 374 g/mol. The molecule has 0 spiro atoms. The van der Waals surface area contributed by atoms with Gasteiger partial charge >= 0.3 is 6.03 Å². The summed E-state index contributed by atoms with van der Waals surface area (Å²) in [4.78, 5) is 38.5. The second kappa shape index (κ2) is 7.64. The van der Waals surface area contributed by atoms with E-state index in [2.05, 4.69) is 10.6 Å². The van der Waals surface area contributed by atoms with E-state index in [9.17, 15) is 14.4 Å². The standard InChI is InChI=1S/C18H22ClN3O5/c1-3-5-18(6-4-2)16(24)22(17(25)21-18)9-15(23)20-12-8-14-13(7-11(12)19)26-10-27-14/h7-8H,3-6,9-10H2,1-2H3,(H,20,23)(H,21,25). The molecule has 4 amide bonds. The maximum absolute atomic E-state index is 12.8. The Hall–Kier alpha value is -2.48. The van der Waals surface area contributed by atoms with Crippen molar-refractivity contribution in [2.24, 2.45) is 0 Å². The Labute approximate surface area is 162 Å². The van der Waals surface area contributed by atoms with E-state index in [1.54, 1.807) is 12.1 Å². The lowest BCUT2D eigenvalue weighted by Crippen LogP contribution is -2.47. The van der Waals surface area contributed by atoms with E-state index < -0.39 is 17.5 Å². The molecule has 2 N–H and O–H groups in total. The van der Waals surface area contributed by atoms with Crippen molar-refractivity contribution >= 4 is 35.1 Å². The fourth-order valence-corrected chi connectivity index (χ4v) is 3.68. The Kier molecular flexibility index (Phi) is 5.46. The van der Waals surface area contributed by atoms with Gasteiger partial charge in [-0.1, -0.05) is 38.3 Å². The molecule has 1 fully saturated rings. The van der Waals surface area contributed by atoms with Gasteiger partial charge in [0, 0.05) is 12.1 Å². The summed E-state index contributed by atoms with van der Waals surface area (Å²) in [7, 11) is 0. The van der Waals surface area contributed by atoms with Crippen LogP contribution in [0.1, 0.15) is 39.5 Å². The lowest BCUT2D eigenvalue weighted by atomic mass is 9.88. The first-order chi connectivity index (χ1) is 12.9. The SMILES string of the molecule is CCCC1(CCC)NC(=O)N(CC(=O)Nc2cc3c(cc2Cl)OCO3)C1=O. The molecular formula is C18H22ClN3O5. The molecule has 0 bridgehead atoms. The van der Waals surface area contributed by atoms with Crippen LogP contribution in [0.4, 0.5) is 10.5 Å². The Morgan fingerprint density at radius 2 is 1.85 bits per heavy atom. The summed E-state index contributed by atoms with van der Waals surface area (Å²) in [6.45, 7) is 3.61. The van der Waals surface area contributed by atoms with Crippen LogP contribution < -0.4 is 20.1 Å². The zero-order chi connectivity index (χ0) is 19.6. The van der Waals surface area contributed by atoms with Crippen LogP contribution >= 0.6 is 11.6 Å². The number of carbonyl (C=O) groups is 3. The van der Waals surface area contributed by atoms with Gasteiger partial charge in [0.05, 0.1) is 10.7 Å². The maximum Gasteiger partial charge on any atom is 0.325 e. The monoisotopic (exact) mass is 395 g/mol. The van der Waals surface area contributed by atoms with E-state index in [1.165, 1.54) is 0 Å². The van der Waals surface area contributed by atoms with Crippen LogP contribution in [0.25, 0.3) is 0 Å². The minimum atomic E-state index is -0.919. The number of carbonyl (C=O) groups excluding carboxylic acids is 3. The Balaban J connectivity index is 1.71. The lowest BCUT2D eigenvalue weighted by molar-refractivity contribution is -0.134. The van der Waals surface area contributed by atoms with Gasteiger partial charge < -0.3 is 20.1 Å². The summed E-state index contributed by atoms with van der Waals surface area (Å²) in [5, 5.41) is 5.67. The highest BCUT2D eigenvalue weighted by molar-refractivity contribution is 6.34. The van der Waals surface area contributed by atoms with Crippen LogP contribution in [0.3, 0.4) is 0 Å². The first kappa shape index (κ1) is 19.3. The third-order valence-electron chi connectivity index (χ3n) is 4.64. The van der Waals surface area contributed by atoms with Crippen molar-refractivity contribution in [2.45, 2.75) is 45.1 Å². The average Bonchev–Trinajstić information content (AvgIpc) is 3.14. The fraction of sp³-hybridized carbons (Fsp3) is 0.500. The number of benzene rings is 1. The number of nitrogens with zero attached hydrogens (tertiary/aromatic N) is 1. The van der Waals surface area contributed by atoms with Gasteiger partial charge in [0.15, 0.2) is 11.5 Å². The molecule has 0 aromatic heterocycles. The Morgan fingerprint density at radius 1 is 1.22 bits per heavy atom. The largest absolute Gasteiger partial charge is 0.454 e. The predicted octanol–water partition coefficient (Wildman–Crippen LogP) is 2.90. The van der Waals surface area contributed by atoms with Crippen molar-refractivity contribution in [3.8, 4) is 11.5 Å². The third kappa shape index (κ3) is 3.66. The first-order valence-corrected chi connectivity index (χ1v) is 9.31. The van der Waals surface area contributed by atoms with Crippen molar-refractivity contribution in [3.63, 3.8) is 0 Å². The van der Waals surface area contributed by atoms with Gasteiger partial charge in [0.25, 0.3) is 5.91 Å². The van der Waals surface area contributed by atoms with E-state index in [4.69, 9.17) is 21.1 Å². The van der Waals surface area contributed by atoms with Crippen LogP contribution in [0.2, 0.25) is 5.02 Å². The van der Waals surface area contributed by atoms with Crippen LogP contribution in [-0.4, -0.2) is 41.6 Å². The number of rotatable bonds is 7. The van der Waals surface area contributed by atoms with E-state index in [0.29, 0.717) is 30.0 Å². The molecule has 1 aromatic carbocycles. The first-order valence-electron chi connectivity index (χ1n) is 8.93. The molecule has 2 aliphatic rings. The molecule has 1 saturated heterocycles. The highest BCUT2D eigenvalue weighted by Crippen LogP contribution is 2.39. The van der Waals surface area contributed by atoms with Crippen LogP contribution in [0.5, 0.6) is 11.5 Å². The van der Waals surface area contributed by atoms with Gasteiger partial charge in [0.1, 0.15) is 12.1 Å². The fourth-order valence-electron chi connectivity index (χ4n) is 3.48. The van der Waals surface area contributed by atoms with Crippen molar-refractivity contribution in [1.82, 2.24) is 10.2 Å². The molecule has 1 aromatic rings. The minimum Gasteiger partial charge on any atom is -0.454 e. The molecule has 8 nitrogen and oxygen atoms in total. The van der Waals surface area contributed by atoms with Gasteiger partial charge in [-0.05, 0) is 12.8 Å². The van der Waals surface area contributed by atoms with E-state index in [0.717, 1.165) is 17.7 Å². The van der Waals surface area contributed by atoms with Gasteiger partial charge in [-0.2, -0.15) is 0 Å². The third-order valence-corrected chi connectivity index (χ3v) is 4.95. The highest BCUT2D eigenvalue weighted by atomic mass is 35.5. The molecule has 2 aliphatic heterocycles. The summed E-state index contributed by atoms with van der Waals surface area (Å²) < 4.78 is 10.5. The molecule has 0 radical (unpaired) electrons. The summed E-state index contributed by atoms with van der Waals surface area (Å²) in [5.41, 5.74) is -0.594. The number of nitrogens with one attached hydrogen (secondary N) is 2. The molecule has 0 aliphatic carbocycles. The number of urea groups is 1.